The van der Waals surface area contributed by atoms with Gasteiger partial charge in [-0.25, -0.2) is 4.79 Å². The molecular weight excluding hydrogens is 796 g/mol. The molecule has 7 fully saturated rings. The number of hydrogen-bond donors (Lipinski definition) is 4. The number of hydrogen-bond acceptors (Lipinski definition) is 16. The number of aliphatic hydroxyl groups excluding tert-OH is 4. The lowest BCUT2D eigenvalue weighted by Crippen LogP contribution is -2.68. The summed E-state index contributed by atoms with van der Waals surface area (Å²) in [5, 5.41) is 42.6. The van der Waals surface area contributed by atoms with E-state index in [1.165, 1.54) is 13.8 Å². The molecule has 4 heterocycles. The zero-order chi connectivity index (χ0) is 43.8. The van der Waals surface area contributed by atoms with Crippen molar-refractivity contribution in [2.24, 2.45) is 34.5 Å². The summed E-state index contributed by atoms with van der Waals surface area (Å²) in [5.41, 5.74) is -0.897. The van der Waals surface area contributed by atoms with Crippen molar-refractivity contribution in [1.29, 1.82) is 0 Å². The second-order valence-corrected chi connectivity index (χ2v) is 20.0. The monoisotopic (exact) mass is 864 g/mol. The number of aliphatic hydroxyl groups is 4. The molecule has 3 saturated heterocycles. The van der Waals surface area contributed by atoms with Gasteiger partial charge < -0.3 is 63.1 Å². The molecule has 61 heavy (non-hydrogen) atoms. The van der Waals surface area contributed by atoms with Crippen molar-refractivity contribution in [1.82, 2.24) is 0 Å². The molecule has 4 N–H and O–H groups in total. The lowest BCUT2D eigenvalue weighted by atomic mass is 9.42. The van der Waals surface area contributed by atoms with E-state index in [1.807, 2.05) is 6.92 Å². The van der Waals surface area contributed by atoms with Gasteiger partial charge in [-0.05, 0) is 101 Å². The van der Waals surface area contributed by atoms with E-state index in [1.54, 1.807) is 19.9 Å². The Bertz CT molecular complexity index is 1640. The Kier molecular flexibility index (Phi) is 12.8. The number of ether oxygens (including phenoxy) is 9. The number of rotatable bonds is 9. The summed E-state index contributed by atoms with van der Waals surface area (Å²) < 4.78 is 55.2. The van der Waals surface area contributed by atoms with Gasteiger partial charge in [0, 0.05) is 45.1 Å². The normalized spacial score (nSPS) is 51.0. The first-order valence-electron chi connectivity index (χ1n) is 22.7. The first-order chi connectivity index (χ1) is 28.8. The number of carbonyl (C=O) groups excluding carboxylic acids is 3. The van der Waals surface area contributed by atoms with Crippen molar-refractivity contribution in [3.8, 4) is 0 Å². The molecule has 16 heteroatoms. The van der Waals surface area contributed by atoms with Crippen LogP contribution in [0, 0.1) is 34.5 Å². The van der Waals surface area contributed by atoms with Gasteiger partial charge in [-0.2, -0.15) is 0 Å². The van der Waals surface area contributed by atoms with Crippen LogP contribution >= 0.6 is 0 Å². The van der Waals surface area contributed by atoms with Crippen LogP contribution in [0.1, 0.15) is 119 Å². The molecular formula is C45H68O16. The van der Waals surface area contributed by atoms with Crippen LogP contribution in [0.3, 0.4) is 0 Å². The Morgan fingerprint density at radius 1 is 0.705 bits per heavy atom. The highest BCUT2D eigenvalue weighted by molar-refractivity contribution is 5.85. The van der Waals surface area contributed by atoms with Crippen LogP contribution in [0.15, 0.2) is 11.6 Å². The van der Waals surface area contributed by atoms with Gasteiger partial charge in [0.25, 0.3) is 0 Å². The molecule has 4 aliphatic heterocycles. The Hall–Kier alpha value is -2.25. The van der Waals surface area contributed by atoms with Gasteiger partial charge in [0.1, 0.15) is 36.6 Å². The van der Waals surface area contributed by atoms with Crippen molar-refractivity contribution in [3.63, 3.8) is 0 Å². The molecule has 0 amide bonds. The third-order valence-electron chi connectivity index (χ3n) is 16.5. The average Bonchev–Trinajstić information content (AvgIpc) is 3.74. The van der Waals surface area contributed by atoms with Gasteiger partial charge in [0.2, 0.25) is 0 Å². The molecule has 21 atom stereocenters. The van der Waals surface area contributed by atoms with Crippen LogP contribution < -0.4 is 0 Å². The van der Waals surface area contributed by atoms with Crippen molar-refractivity contribution < 1.29 is 77.4 Å². The van der Waals surface area contributed by atoms with Crippen LogP contribution in [0.25, 0.3) is 0 Å². The minimum atomic E-state index is -1.02. The molecule has 3 unspecified atom stereocenters. The SMILES string of the molecule is CC(=O)OC1C[C@H]2C(CCC3C[C@@H](O[C@H]4C[C@H](O)[C@H](O[C@H]5C[C@H](O)[C@H](O[C@H]6C[C@H](O)[C@H](O)[C@@H](C)O6)[C@@H](C)O5)[C@@H](C)O4)CC[C@@]32C)[C@@]2(OC(C)=O)CC[C@H](C3=CC(=O)OC3)[C@@]12C. The molecule has 16 nitrogen and oxygen atoms in total. The number of carbonyl (C=O) groups is 3. The predicted octanol–water partition coefficient (Wildman–Crippen LogP) is 3.36. The molecule has 0 spiro atoms. The van der Waals surface area contributed by atoms with E-state index in [9.17, 15) is 34.8 Å². The van der Waals surface area contributed by atoms with Gasteiger partial charge in [-0.3, -0.25) is 9.59 Å². The van der Waals surface area contributed by atoms with Crippen LogP contribution in [0.5, 0.6) is 0 Å². The largest absolute Gasteiger partial charge is 0.462 e. The van der Waals surface area contributed by atoms with Crippen molar-refractivity contribution in [2.75, 3.05) is 6.61 Å². The standard InChI is InChI=1S/C45H68O16/c1-21-40(52)32(48)17-38(54-21)59-42-23(3)56-39(19-34(42)50)60-41-22(2)55-37(18-33(41)49)58-28-10-12-43(6)27(15-28)8-9-30-31(43)16-35(57-24(4)46)44(7)29(26-14-36(51)53-20-26)11-13-45(30,44)61-25(5)47/h14,21-23,27-35,37-42,48-50,52H,8-13,15-20H2,1-7H3/t21-,22-,23-,27?,28+,29-,30?,31+,32+,33+,34+,35?,37+,38+,39+,40-,41-,42-,43+,44+,45+/m1/s1. The van der Waals surface area contributed by atoms with Gasteiger partial charge in [-0.1, -0.05) is 13.8 Å². The van der Waals surface area contributed by atoms with E-state index in [0.29, 0.717) is 25.2 Å². The number of esters is 3. The molecule has 0 aromatic carbocycles. The Labute approximate surface area is 358 Å². The molecule has 0 aromatic rings. The van der Waals surface area contributed by atoms with Gasteiger partial charge in [0.05, 0.1) is 48.1 Å². The highest BCUT2D eigenvalue weighted by atomic mass is 16.7. The first kappa shape index (κ1) is 45.3. The topological polar surface area (TPSA) is 215 Å². The fourth-order valence-corrected chi connectivity index (χ4v) is 13.6. The summed E-state index contributed by atoms with van der Waals surface area (Å²) in [5.74, 6) is -0.812. The first-order valence-corrected chi connectivity index (χ1v) is 22.7. The molecule has 0 bridgehead atoms. The van der Waals surface area contributed by atoms with Gasteiger partial charge >= 0.3 is 17.9 Å². The Balaban J connectivity index is 0.891. The van der Waals surface area contributed by atoms with E-state index < -0.39 is 90.9 Å². The zero-order valence-electron chi connectivity index (χ0n) is 36.6. The third kappa shape index (κ3) is 8.22. The summed E-state index contributed by atoms with van der Waals surface area (Å²) in [6, 6.07) is 0. The minimum absolute atomic E-state index is 0.0413. The summed E-state index contributed by atoms with van der Waals surface area (Å²) in [4.78, 5) is 38.1. The molecule has 344 valence electrons. The molecule has 4 saturated carbocycles. The van der Waals surface area contributed by atoms with E-state index in [4.69, 9.17) is 42.6 Å². The van der Waals surface area contributed by atoms with Gasteiger partial charge in [0.15, 0.2) is 18.9 Å². The lowest BCUT2D eigenvalue weighted by molar-refractivity contribution is -0.336. The Morgan fingerprint density at radius 2 is 1.31 bits per heavy atom. The second-order valence-electron chi connectivity index (χ2n) is 20.0. The fourth-order valence-electron chi connectivity index (χ4n) is 13.6. The smallest absolute Gasteiger partial charge is 0.331 e. The third-order valence-corrected chi connectivity index (χ3v) is 16.5. The highest BCUT2D eigenvalue weighted by Gasteiger charge is 2.74. The number of fused-ring (bicyclic) bond motifs is 5. The van der Waals surface area contributed by atoms with Crippen LogP contribution in [0.2, 0.25) is 0 Å². The molecule has 0 aromatic heterocycles. The Morgan fingerprint density at radius 3 is 1.87 bits per heavy atom. The van der Waals surface area contributed by atoms with E-state index in [-0.39, 0.29) is 73.0 Å². The van der Waals surface area contributed by atoms with Crippen molar-refractivity contribution >= 4 is 17.9 Å². The second kappa shape index (κ2) is 17.3. The molecule has 0 radical (unpaired) electrons. The van der Waals surface area contributed by atoms with E-state index in [2.05, 4.69) is 13.8 Å². The minimum Gasteiger partial charge on any atom is -0.462 e. The van der Waals surface area contributed by atoms with Crippen molar-refractivity contribution in [3.05, 3.63) is 11.6 Å². The average molecular weight is 865 g/mol. The predicted molar refractivity (Wildman–Crippen MR) is 212 cm³/mol. The molecule has 4 aliphatic carbocycles. The van der Waals surface area contributed by atoms with Crippen LogP contribution in [-0.4, -0.2) is 137 Å². The lowest BCUT2D eigenvalue weighted by Gasteiger charge is -2.66. The van der Waals surface area contributed by atoms with E-state index in [0.717, 1.165) is 37.7 Å². The number of cyclic esters (lactones) is 1. The summed E-state index contributed by atoms with van der Waals surface area (Å²) in [6.45, 7) is 12.8. The van der Waals surface area contributed by atoms with Crippen LogP contribution in [-0.2, 0) is 57.0 Å². The quantitative estimate of drug-likeness (QED) is 0.149. The highest BCUT2D eigenvalue weighted by Crippen LogP contribution is 2.71. The summed E-state index contributed by atoms with van der Waals surface area (Å²) in [7, 11) is 0. The molecule has 8 rings (SSSR count). The van der Waals surface area contributed by atoms with Gasteiger partial charge in [-0.15, -0.1) is 0 Å². The van der Waals surface area contributed by atoms with Crippen LogP contribution in [0.4, 0.5) is 0 Å². The molecule has 8 aliphatic rings. The maximum atomic E-state index is 13.0. The zero-order valence-corrected chi connectivity index (χ0v) is 36.6. The summed E-state index contributed by atoms with van der Waals surface area (Å²) in [6.07, 6.45) is -2.05. The maximum absolute atomic E-state index is 13.0. The maximum Gasteiger partial charge on any atom is 0.331 e. The van der Waals surface area contributed by atoms with E-state index >= 15 is 0 Å². The fraction of sp³-hybridized carbons (Fsp3) is 0.889. The van der Waals surface area contributed by atoms with Crippen molar-refractivity contribution in [2.45, 2.75) is 211 Å². The summed E-state index contributed by atoms with van der Waals surface area (Å²) >= 11 is 0.